The van der Waals surface area contributed by atoms with E-state index in [1.807, 2.05) is 0 Å². The Labute approximate surface area is 110 Å². The van der Waals surface area contributed by atoms with Crippen LogP contribution in [0, 0.1) is 0 Å². The number of ketones is 1. The largest absolute Gasteiger partial charge is 0.478 e. The second-order valence-electron chi connectivity index (χ2n) is 3.29. The number of Topliss-reactive ketones (excluding diaryl/α,β-unsaturated/α-hetero) is 1. The van der Waals surface area contributed by atoms with Gasteiger partial charge in [0.05, 0.1) is 10.4 Å². The number of benzene rings is 1. The molecule has 0 aliphatic rings. The molecule has 3 nitrogen and oxygen atoms in total. The minimum atomic E-state index is -1.02. The van der Waals surface area contributed by atoms with Gasteiger partial charge in [0.2, 0.25) is 0 Å². The predicted octanol–water partition coefficient (Wildman–Crippen LogP) is 3.30. The molecule has 1 atom stereocenters. The van der Waals surface area contributed by atoms with Gasteiger partial charge in [-0.15, -0.1) is 0 Å². The van der Waals surface area contributed by atoms with E-state index in [4.69, 9.17) is 5.11 Å². The average molecular weight is 350 g/mol. The molecule has 5 heteroatoms. The number of carbonyl (C=O) groups excluding carboxylic acids is 1. The fraction of sp³-hybridized carbons (Fsp3) is 0.273. The second-order valence-corrected chi connectivity index (χ2v) is 4.77. The lowest BCUT2D eigenvalue weighted by molar-refractivity contribution is -0.116. The zero-order valence-electron chi connectivity index (χ0n) is 8.54. The van der Waals surface area contributed by atoms with Gasteiger partial charge in [-0.25, -0.2) is 4.79 Å². The number of aromatic carboxylic acids is 1. The van der Waals surface area contributed by atoms with Crippen LogP contribution in [0.5, 0.6) is 0 Å². The summed E-state index contributed by atoms with van der Waals surface area (Å²) in [7, 11) is 0. The van der Waals surface area contributed by atoms with Gasteiger partial charge < -0.3 is 5.11 Å². The van der Waals surface area contributed by atoms with Gasteiger partial charge in [0.1, 0.15) is 5.78 Å². The van der Waals surface area contributed by atoms with Crippen LogP contribution in [0.4, 0.5) is 0 Å². The van der Waals surface area contributed by atoms with Crippen molar-refractivity contribution in [3.8, 4) is 0 Å². The third kappa shape index (κ3) is 2.71. The van der Waals surface area contributed by atoms with Crippen molar-refractivity contribution in [2.24, 2.45) is 0 Å². The lowest BCUT2D eigenvalue weighted by Gasteiger charge is -2.14. The van der Waals surface area contributed by atoms with Gasteiger partial charge in [-0.05, 0) is 24.1 Å². The summed E-state index contributed by atoms with van der Waals surface area (Å²) in [6.07, 6.45) is 0. The highest BCUT2D eigenvalue weighted by atomic mass is 79.9. The standard InChI is InChI=1S/C11H10Br2O3/c1-6(14)10(13)9-7(5-12)3-2-4-8(9)11(15)16/h2-4,10H,5H2,1H3,(H,15,16). The van der Waals surface area contributed by atoms with Crippen LogP contribution in [0.2, 0.25) is 0 Å². The highest BCUT2D eigenvalue weighted by Crippen LogP contribution is 2.31. The number of halogens is 2. The van der Waals surface area contributed by atoms with Crippen LogP contribution in [-0.4, -0.2) is 16.9 Å². The van der Waals surface area contributed by atoms with Crippen LogP contribution in [0.3, 0.4) is 0 Å². The maximum atomic E-state index is 11.3. The van der Waals surface area contributed by atoms with Gasteiger partial charge >= 0.3 is 5.97 Å². The first-order chi connectivity index (χ1) is 7.49. The molecular weight excluding hydrogens is 340 g/mol. The Morgan fingerprint density at radius 3 is 2.50 bits per heavy atom. The highest BCUT2D eigenvalue weighted by molar-refractivity contribution is 9.09. The lowest BCUT2D eigenvalue weighted by Crippen LogP contribution is -2.11. The minimum absolute atomic E-state index is 0.115. The van der Waals surface area contributed by atoms with Crippen LogP contribution in [0.1, 0.15) is 33.2 Å². The summed E-state index contributed by atoms with van der Waals surface area (Å²) >= 11 is 6.51. The van der Waals surface area contributed by atoms with Crippen molar-refractivity contribution in [1.82, 2.24) is 0 Å². The van der Waals surface area contributed by atoms with Gasteiger partial charge in [-0.1, -0.05) is 44.0 Å². The molecule has 0 bridgehead atoms. The summed E-state index contributed by atoms with van der Waals surface area (Å²) in [6, 6.07) is 4.97. The Kier molecular flexibility index (Phi) is 4.68. The fourth-order valence-electron chi connectivity index (χ4n) is 1.42. The molecule has 0 fully saturated rings. The Morgan fingerprint density at radius 2 is 2.06 bits per heavy atom. The highest BCUT2D eigenvalue weighted by Gasteiger charge is 2.22. The van der Waals surface area contributed by atoms with Gasteiger partial charge in [0, 0.05) is 5.33 Å². The predicted molar refractivity (Wildman–Crippen MR) is 68.4 cm³/mol. The van der Waals surface area contributed by atoms with Crippen molar-refractivity contribution in [3.63, 3.8) is 0 Å². The summed E-state index contributed by atoms with van der Waals surface area (Å²) in [5, 5.41) is 9.58. The zero-order valence-corrected chi connectivity index (χ0v) is 11.7. The quantitative estimate of drug-likeness (QED) is 0.848. The molecule has 16 heavy (non-hydrogen) atoms. The number of alkyl halides is 2. The van der Waals surface area contributed by atoms with Gasteiger partial charge in [0.25, 0.3) is 0 Å². The Balaban J connectivity index is 3.41. The molecule has 0 spiro atoms. The number of carboxylic acids is 1. The second kappa shape index (κ2) is 5.59. The zero-order chi connectivity index (χ0) is 12.3. The van der Waals surface area contributed by atoms with Gasteiger partial charge in [0.15, 0.2) is 0 Å². The molecule has 0 amide bonds. The molecule has 0 saturated heterocycles. The first kappa shape index (κ1) is 13.4. The summed E-state index contributed by atoms with van der Waals surface area (Å²) < 4.78 is 0. The minimum Gasteiger partial charge on any atom is -0.478 e. The molecule has 0 aliphatic heterocycles. The number of rotatable bonds is 4. The lowest BCUT2D eigenvalue weighted by atomic mass is 9.97. The van der Waals surface area contributed by atoms with E-state index in [1.165, 1.54) is 13.0 Å². The molecule has 86 valence electrons. The van der Waals surface area contributed by atoms with Crippen molar-refractivity contribution in [1.29, 1.82) is 0 Å². The third-order valence-electron chi connectivity index (χ3n) is 2.18. The Morgan fingerprint density at radius 1 is 1.44 bits per heavy atom. The Bertz CT molecular complexity index is 429. The molecule has 1 aromatic carbocycles. The van der Waals surface area contributed by atoms with Crippen LogP contribution in [-0.2, 0) is 10.1 Å². The van der Waals surface area contributed by atoms with E-state index in [1.54, 1.807) is 12.1 Å². The molecule has 1 N–H and O–H groups in total. The summed E-state index contributed by atoms with van der Waals surface area (Å²) in [5.41, 5.74) is 1.49. The van der Waals surface area contributed by atoms with E-state index in [9.17, 15) is 9.59 Å². The third-order valence-corrected chi connectivity index (χ3v) is 3.89. The van der Waals surface area contributed by atoms with E-state index in [2.05, 4.69) is 31.9 Å². The molecule has 1 unspecified atom stereocenters. The van der Waals surface area contributed by atoms with Crippen molar-refractivity contribution in [3.05, 3.63) is 34.9 Å². The smallest absolute Gasteiger partial charge is 0.336 e. The molecule has 0 radical (unpaired) electrons. The van der Waals surface area contributed by atoms with E-state index < -0.39 is 10.8 Å². The molecule has 0 saturated carbocycles. The van der Waals surface area contributed by atoms with Crippen molar-refractivity contribution in [2.75, 3.05) is 0 Å². The summed E-state index contributed by atoms with van der Waals surface area (Å²) in [6.45, 7) is 1.43. The van der Waals surface area contributed by atoms with Crippen LogP contribution in [0.15, 0.2) is 18.2 Å². The van der Waals surface area contributed by atoms with Crippen molar-refractivity contribution in [2.45, 2.75) is 17.1 Å². The van der Waals surface area contributed by atoms with E-state index in [0.717, 1.165) is 5.56 Å². The molecule has 1 rings (SSSR count). The molecular formula is C11H10Br2O3. The van der Waals surface area contributed by atoms with E-state index in [-0.39, 0.29) is 11.3 Å². The SMILES string of the molecule is CC(=O)C(Br)c1c(CBr)cccc1C(=O)O. The van der Waals surface area contributed by atoms with Gasteiger partial charge in [-0.3, -0.25) is 4.79 Å². The van der Waals surface area contributed by atoms with Crippen LogP contribution in [0.25, 0.3) is 0 Å². The number of carbonyl (C=O) groups is 2. The van der Waals surface area contributed by atoms with Gasteiger partial charge in [-0.2, -0.15) is 0 Å². The fourth-order valence-corrected chi connectivity index (χ4v) is 2.45. The van der Waals surface area contributed by atoms with Crippen molar-refractivity contribution >= 4 is 43.6 Å². The molecule has 0 aliphatic carbocycles. The maximum Gasteiger partial charge on any atom is 0.336 e. The normalized spacial score (nSPS) is 12.2. The van der Waals surface area contributed by atoms with Crippen molar-refractivity contribution < 1.29 is 14.7 Å². The molecule has 1 aromatic rings. The molecule has 0 heterocycles. The Hall–Kier alpha value is -0.680. The summed E-state index contributed by atoms with van der Waals surface area (Å²) in [4.78, 5) is 21.8. The van der Waals surface area contributed by atoms with E-state index in [0.29, 0.717) is 10.9 Å². The van der Waals surface area contributed by atoms with E-state index >= 15 is 0 Å². The van der Waals surface area contributed by atoms with Crippen LogP contribution >= 0.6 is 31.9 Å². The van der Waals surface area contributed by atoms with Crippen LogP contribution < -0.4 is 0 Å². The monoisotopic (exact) mass is 348 g/mol. The first-order valence-electron chi connectivity index (χ1n) is 4.54. The number of carboxylic acid groups (broad SMARTS) is 1. The summed E-state index contributed by atoms with van der Waals surface area (Å²) in [5.74, 6) is -1.14. The number of hydrogen-bond acceptors (Lipinski definition) is 2. The molecule has 0 aromatic heterocycles. The first-order valence-corrected chi connectivity index (χ1v) is 6.58. The average Bonchev–Trinajstić information content (AvgIpc) is 2.26. The number of hydrogen-bond donors (Lipinski definition) is 1. The maximum absolute atomic E-state index is 11.3. The topological polar surface area (TPSA) is 54.4 Å².